The molecule has 2 aromatic rings. The fourth-order valence-corrected chi connectivity index (χ4v) is 3.16. The van der Waals surface area contributed by atoms with E-state index in [1.54, 1.807) is 24.3 Å². The van der Waals surface area contributed by atoms with E-state index in [1.165, 1.54) is 24.3 Å². The van der Waals surface area contributed by atoms with Crippen LogP contribution in [0.1, 0.15) is 5.56 Å². The maximum absolute atomic E-state index is 12.1. The van der Waals surface area contributed by atoms with Gasteiger partial charge in [-0.1, -0.05) is 53.5 Å². The molecule has 0 heterocycles. The van der Waals surface area contributed by atoms with Crippen LogP contribution in [0.3, 0.4) is 0 Å². The third-order valence-corrected chi connectivity index (χ3v) is 4.63. The second-order valence-electron chi connectivity index (χ2n) is 3.83. The second kappa shape index (κ2) is 5.78. The van der Waals surface area contributed by atoms with Gasteiger partial charge in [0.05, 0.1) is 15.3 Å². The first kappa shape index (κ1) is 14.1. The molecule has 0 saturated carbocycles. The lowest BCUT2D eigenvalue weighted by atomic mass is 10.2. The summed E-state index contributed by atoms with van der Waals surface area (Å²) in [5.74, 6) is 0. The van der Waals surface area contributed by atoms with Crippen molar-refractivity contribution in [1.82, 2.24) is 0 Å². The van der Waals surface area contributed by atoms with Crippen molar-refractivity contribution in [1.29, 1.82) is 0 Å². The van der Waals surface area contributed by atoms with Gasteiger partial charge < -0.3 is 0 Å². The Balaban J connectivity index is 2.39. The summed E-state index contributed by atoms with van der Waals surface area (Å²) in [6, 6.07) is 14.9. The van der Waals surface area contributed by atoms with Crippen LogP contribution >= 0.6 is 23.2 Å². The van der Waals surface area contributed by atoms with E-state index >= 15 is 0 Å². The van der Waals surface area contributed by atoms with Crippen molar-refractivity contribution >= 4 is 38.1 Å². The Morgan fingerprint density at radius 2 is 1.53 bits per heavy atom. The molecule has 5 heteroatoms. The number of rotatable bonds is 3. The second-order valence-corrected chi connectivity index (χ2v) is 6.47. The van der Waals surface area contributed by atoms with Crippen molar-refractivity contribution in [2.24, 2.45) is 0 Å². The first-order chi connectivity index (χ1) is 8.99. The van der Waals surface area contributed by atoms with Crippen LogP contribution < -0.4 is 0 Å². The van der Waals surface area contributed by atoms with E-state index in [2.05, 4.69) is 0 Å². The molecular weight excluding hydrogens is 303 g/mol. The molecule has 0 unspecified atom stereocenters. The monoisotopic (exact) mass is 312 g/mol. The van der Waals surface area contributed by atoms with E-state index in [0.717, 1.165) is 5.41 Å². The average molecular weight is 313 g/mol. The van der Waals surface area contributed by atoms with Gasteiger partial charge in [-0.05, 0) is 29.8 Å². The Morgan fingerprint density at radius 1 is 0.947 bits per heavy atom. The minimum absolute atomic E-state index is 0.158. The normalized spacial score (nSPS) is 12.4. The number of halogens is 2. The zero-order valence-corrected chi connectivity index (χ0v) is 12.1. The van der Waals surface area contributed by atoms with Crippen LogP contribution in [-0.2, 0) is 9.84 Å². The molecule has 0 atom stereocenters. The van der Waals surface area contributed by atoms with E-state index in [-0.39, 0.29) is 9.93 Å². The Kier molecular flexibility index (Phi) is 4.30. The molecule has 98 valence electrons. The van der Waals surface area contributed by atoms with Crippen LogP contribution in [0.2, 0.25) is 5.02 Å². The van der Waals surface area contributed by atoms with Gasteiger partial charge in [-0.3, -0.25) is 0 Å². The van der Waals surface area contributed by atoms with Crippen molar-refractivity contribution in [2.45, 2.75) is 4.90 Å². The molecule has 0 fully saturated rings. The standard InChI is InChI=1S/C14H10Cl2O2S/c15-12-6-8-13(9-7-12)19(17,18)10-14(16)11-4-2-1-3-5-11/h1-10H/b14-10+. The van der Waals surface area contributed by atoms with Gasteiger partial charge in [0, 0.05) is 5.02 Å². The number of hydrogen-bond acceptors (Lipinski definition) is 2. The molecule has 0 radical (unpaired) electrons. The SMILES string of the molecule is O=S(=O)(/C=C(/Cl)c1ccccc1)c1ccc(Cl)cc1. The Labute approximate surface area is 122 Å². The van der Waals surface area contributed by atoms with E-state index < -0.39 is 9.84 Å². The summed E-state index contributed by atoms with van der Waals surface area (Å²) in [4.78, 5) is 0.158. The highest BCUT2D eigenvalue weighted by molar-refractivity contribution is 7.94. The summed E-state index contributed by atoms with van der Waals surface area (Å²) in [6.07, 6.45) is 0. The van der Waals surface area contributed by atoms with E-state index in [9.17, 15) is 8.42 Å². The van der Waals surface area contributed by atoms with E-state index in [4.69, 9.17) is 23.2 Å². The lowest BCUT2D eigenvalue weighted by Crippen LogP contribution is -1.96. The first-order valence-corrected chi connectivity index (χ1v) is 7.72. The summed E-state index contributed by atoms with van der Waals surface area (Å²) >= 11 is 11.8. The van der Waals surface area contributed by atoms with Gasteiger partial charge in [0.1, 0.15) is 0 Å². The molecular formula is C14H10Cl2O2S. The van der Waals surface area contributed by atoms with Gasteiger partial charge in [-0.15, -0.1) is 0 Å². The van der Waals surface area contributed by atoms with Gasteiger partial charge in [-0.25, -0.2) is 8.42 Å². The molecule has 0 spiro atoms. The lowest BCUT2D eigenvalue weighted by molar-refractivity contribution is 0.605. The zero-order chi connectivity index (χ0) is 13.9. The summed E-state index contributed by atoms with van der Waals surface area (Å²) in [5.41, 5.74) is 0.654. The summed E-state index contributed by atoms with van der Waals surface area (Å²) in [5, 5.41) is 1.71. The smallest absolute Gasteiger partial charge is 0.201 e. The summed E-state index contributed by atoms with van der Waals surface area (Å²) in [7, 11) is -3.58. The molecule has 19 heavy (non-hydrogen) atoms. The van der Waals surface area contributed by atoms with Crippen molar-refractivity contribution in [3.8, 4) is 0 Å². The third kappa shape index (κ3) is 3.60. The molecule has 2 nitrogen and oxygen atoms in total. The van der Waals surface area contributed by atoms with Crippen LogP contribution in [0.15, 0.2) is 64.9 Å². The highest BCUT2D eigenvalue weighted by atomic mass is 35.5. The highest BCUT2D eigenvalue weighted by Crippen LogP contribution is 2.23. The zero-order valence-electron chi connectivity index (χ0n) is 9.75. The van der Waals surface area contributed by atoms with Crippen LogP contribution in [-0.4, -0.2) is 8.42 Å². The van der Waals surface area contributed by atoms with Crippen LogP contribution in [0.25, 0.3) is 5.03 Å². The highest BCUT2D eigenvalue weighted by Gasteiger charge is 2.12. The molecule has 2 aromatic carbocycles. The third-order valence-electron chi connectivity index (χ3n) is 2.45. The van der Waals surface area contributed by atoms with Crippen LogP contribution in [0.5, 0.6) is 0 Å². The molecule has 0 bridgehead atoms. The summed E-state index contributed by atoms with van der Waals surface area (Å²) in [6.45, 7) is 0. The predicted molar refractivity (Wildman–Crippen MR) is 78.9 cm³/mol. The molecule has 0 amide bonds. The van der Waals surface area contributed by atoms with Gasteiger partial charge in [0.15, 0.2) is 0 Å². The van der Waals surface area contributed by atoms with Gasteiger partial charge in [0.25, 0.3) is 0 Å². The Hall–Kier alpha value is -1.29. The Bertz CT molecular complexity index is 690. The average Bonchev–Trinajstić information content (AvgIpc) is 2.40. The summed E-state index contributed by atoms with van der Waals surface area (Å²) < 4.78 is 24.2. The molecule has 0 aromatic heterocycles. The Morgan fingerprint density at radius 3 is 2.11 bits per heavy atom. The number of benzene rings is 2. The molecule has 0 aliphatic carbocycles. The van der Waals surface area contributed by atoms with Gasteiger partial charge in [0.2, 0.25) is 9.84 Å². The van der Waals surface area contributed by atoms with Crippen molar-refractivity contribution < 1.29 is 8.42 Å². The minimum atomic E-state index is -3.58. The van der Waals surface area contributed by atoms with Crippen molar-refractivity contribution in [3.63, 3.8) is 0 Å². The lowest BCUT2D eigenvalue weighted by Gasteiger charge is -2.02. The van der Waals surface area contributed by atoms with Crippen molar-refractivity contribution in [3.05, 3.63) is 70.6 Å². The predicted octanol–water partition coefficient (Wildman–Crippen LogP) is 4.35. The van der Waals surface area contributed by atoms with E-state index in [1.807, 2.05) is 6.07 Å². The molecule has 0 saturated heterocycles. The molecule has 0 aliphatic rings. The number of sulfone groups is 1. The fraction of sp³-hybridized carbons (Fsp3) is 0. The van der Waals surface area contributed by atoms with Crippen LogP contribution in [0, 0.1) is 0 Å². The first-order valence-electron chi connectivity index (χ1n) is 5.42. The maximum atomic E-state index is 12.1. The van der Waals surface area contributed by atoms with Gasteiger partial charge in [-0.2, -0.15) is 0 Å². The van der Waals surface area contributed by atoms with Gasteiger partial charge >= 0.3 is 0 Å². The topological polar surface area (TPSA) is 34.1 Å². The number of hydrogen-bond donors (Lipinski definition) is 0. The quantitative estimate of drug-likeness (QED) is 0.844. The molecule has 2 rings (SSSR count). The minimum Gasteiger partial charge on any atom is -0.219 e. The fourth-order valence-electron chi connectivity index (χ4n) is 1.49. The maximum Gasteiger partial charge on any atom is 0.201 e. The molecule has 0 aliphatic heterocycles. The largest absolute Gasteiger partial charge is 0.219 e. The van der Waals surface area contributed by atoms with Crippen molar-refractivity contribution in [2.75, 3.05) is 0 Å². The van der Waals surface area contributed by atoms with E-state index in [0.29, 0.717) is 10.6 Å². The molecule has 0 N–H and O–H groups in total. The van der Waals surface area contributed by atoms with Crippen LogP contribution in [0.4, 0.5) is 0 Å².